The Labute approximate surface area is 165 Å². The summed E-state index contributed by atoms with van der Waals surface area (Å²) in [4.78, 5) is 64.0. The number of esters is 1. The second-order valence-electron chi connectivity index (χ2n) is 5.38. The number of carboxylic acids is 1. The van der Waals surface area contributed by atoms with Gasteiger partial charge in [-0.1, -0.05) is 23.5 Å². The smallest absolute Gasteiger partial charge is 0.306 e. The quantitative estimate of drug-likeness (QED) is 0.316. The van der Waals surface area contributed by atoms with Gasteiger partial charge in [0.2, 0.25) is 5.91 Å². The van der Waals surface area contributed by atoms with Crippen molar-refractivity contribution in [2.24, 2.45) is 0 Å². The zero-order valence-corrected chi connectivity index (χ0v) is 16.8. The molecule has 0 bridgehead atoms. The first-order valence-electron chi connectivity index (χ1n) is 8.13. The molecule has 1 aliphatic heterocycles. The number of ether oxygens (including phenoxy) is 1. The van der Waals surface area contributed by atoms with Crippen molar-refractivity contribution in [1.29, 1.82) is 0 Å². The van der Waals surface area contributed by atoms with Crippen LogP contribution >= 0.6 is 23.5 Å². The van der Waals surface area contributed by atoms with E-state index in [1.54, 1.807) is 0 Å². The molecule has 0 aromatic heterocycles. The average Bonchev–Trinajstić information content (AvgIpc) is 2.86. The molecule has 1 atom stereocenters. The minimum atomic E-state index is -0.990. The monoisotopic (exact) mass is 421 g/mol. The van der Waals surface area contributed by atoms with E-state index < -0.39 is 29.9 Å². The molecule has 1 rings (SSSR count). The van der Waals surface area contributed by atoms with Crippen molar-refractivity contribution in [2.75, 3.05) is 11.5 Å². The van der Waals surface area contributed by atoms with Gasteiger partial charge in [0.05, 0.1) is 6.42 Å². The molecule has 0 saturated carbocycles. The minimum absolute atomic E-state index is 0.000801. The van der Waals surface area contributed by atoms with Crippen LogP contribution in [0.15, 0.2) is 0 Å². The number of nitrogens with one attached hydrogen (secondary N) is 1. The summed E-state index contributed by atoms with van der Waals surface area (Å²) in [5.74, 6) is -1.17. The van der Waals surface area contributed by atoms with Crippen molar-refractivity contribution in [3.63, 3.8) is 0 Å². The van der Waals surface area contributed by atoms with Crippen molar-refractivity contribution >= 4 is 57.5 Å². The second-order valence-corrected chi connectivity index (χ2v) is 7.92. The van der Waals surface area contributed by atoms with Crippen LogP contribution < -0.4 is 5.32 Å². The molecule has 1 saturated heterocycles. The zero-order chi connectivity index (χ0) is 20.8. The first kappa shape index (κ1) is 25.1. The van der Waals surface area contributed by atoms with Gasteiger partial charge in [-0.3, -0.25) is 34.1 Å². The molecule has 9 nitrogen and oxygen atoms in total. The maximum Gasteiger partial charge on any atom is 0.306 e. The largest absolute Gasteiger partial charge is 0.481 e. The number of carboxylic acid groups (broad SMARTS) is 1. The highest BCUT2D eigenvalue weighted by Gasteiger charge is 2.33. The predicted molar refractivity (Wildman–Crippen MR) is 100 cm³/mol. The Hall–Kier alpha value is -1.88. The van der Waals surface area contributed by atoms with Crippen LogP contribution in [0.2, 0.25) is 0 Å². The van der Waals surface area contributed by atoms with Crippen LogP contribution in [-0.2, 0) is 33.5 Å². The number of thioether (sulfide) groups is 2. The Morgan fingerprint density at radius 2 is 1.56 bits per heavy atom. The van der Waals surface area contributed by atoms with E-state index in [2.05, 4.69) is 5.32 Å². The summed E-state index contributed by atoms with van der Waals surface area (Å²) in [7, 11) is 0. The minimum Gasteiger partial charge on any atom is -0.481 e. The molecule has 0 aliphatic carbocycles. The van der Waals surface area contributed by atoms with Gasteiger partial charge in [0.15, 0.2) is 16.3 Å². The SMILES string of the molecule is CC(=O)SCCCC(=O)O.CC(=O)SCCCC(=O)OC1CC(=O)NC1=O. The van der Waals surface area contributed by atoms with Crippen molar-refractivity contribution in [3.8, 4) is 0 Å². The van der Waals surface area contributed by atoms with Gasteiger partial charge in [-0.25, -0.2) is 0 Å². The van der Waals surface area contributed by atoms with Gasteiger partial charge in [-0.2, -0.15) is 0 Å². The van der Waals surface area contributed by atoms with E-state index >= 15 is 0 Å². The third-order valence-electron chi connectivity index (χ3n) is 2.87. The lowest BCUT2D eigenvalue weighted by Gasteiger charge is -2.07. The van der Waals surface area contributed by atoms with E-state index in [1.165, 1.54) is 25.6 Å². The van der Waals surface area contributed by atoms with Crippen molar-refractivity contribution in [1.82, 2.24) is 5.32 Å². The lowest BCUT2D eigenvalue weighted by molar-refractivity contribution is -0.154. The maximum atomic E-state index is 11.3. The van der Waals surface area contributed by atoms with E-state index in [9.17, 15) is 28.8 Å². The van der Waals surface area contributed by atoms with E-state index in [4.69, 9.17) is 9.84 Å². The fourth-order valence-corrected chi connectivity index (χ4v) is 2.87. The van der Waals surface area contributed by atoms with E-state index in [0.29, 0.717) is 24.3 Å². The predicted octanol–water partition coefficient (Wildman–Crippen LogP) is 1.14. The summed E-state index contributed by atoms with van der Waals surface area (Å²) in [6.45, 7) is 2.93. The Morgan fingerprint density at radius 1 is 1.04 bits per heavy atom. The number of amides is 2. The third-order valence-corrected chi connectivity index (χ3v) is 4.67. The molecule has 0 aromatic rings. The number of hydrogen-bond acceptors (Lipinski definition) is 9. The van der Waals surface area contributed by atoms with Gasteiger partial charge in [-0.15, -0.1) is 0 Å². The second kappa shape index (κ2) is 14.2. The van der Waals surface area contributed by atoms with Gasteiger partial charge in [0.25, 0.3) is 5.91 Å². The summed E-state index contributed by atoms with van der Waals surface area (Å²) in [6, 6.07) is 0. The lowest BCUT2D eigenvalue weighted by atomic mass is 10.3. The Balaban J connectivity index is 0.000000580. The summed E-state index contributed by atoms with van der Waals surface area (Å²) < 4.78 is 4.84. The van der Waals surface area contributed by atoms with Crippen molar-refractivity contribution < 1.29 is 38.6 Å². The highest BCUT2D eigenvalue weighted by Crippen LogP contribution is 2.10. The molecule has 27 heavy (non-hydrogen) atoms. The molecule has 0 spiro atoms. The fourth-order valence-electron chi connectivity index (χ4n) is 1.71. The normalized spacial score (nSPS) is 15.4. The molecule has 1 fully saturated rings. The number of imide groups is 1. The number of hydrogen-bond donors (Lipinski definition) is 2. The number of carbonyl (C=O) groups is 6. The van der Waals surface area contributed by atoms with Gasteiger partial charge in [-0.05, 0) is 12.8 Å². The molecule has 1 unspecified atom stereocenters. The topological polar surface area (TPSA) is 144 Å². The molecular weight excluding hydrogens is 398 g/mol. The molecule has 1 aliphatic rings. The Morgan fingerprint density at radius 3 is 1.96 bits per heavy atom. The number of carbonyl (C=O) groups excluding carboxylic acids is 5. The summed E-state index contributed by atoms with van der Waals surface area (Å²) in [5, 5.41) is 10.3. The van der Waals surface area contributed by atoms with Crippen LogP contribution in [0.5, 0.6) is 0 Å². The third kappa shape index (κ3) is 14.9. The summed E-state index contributed by atoms with van der Waals surface area (Å²) >= 11 is 2.31. The average molecular weight is 421 g/mol. The van der Waals surface area contributed by atoms with Crippen molar-refractivity contribution in [2.45, 2.75) is 52.1 Å². The molecule has 152 valence electrons. The molecule has 0 aromatic carbocycles. The molecule has 2 amide bonds. The zero-order valence-electron chi connectivity index (χ0n) is 15.1. The van der Waals surface area contributed by atoms with Gasteiger partial charge in [0.1, 0.15) is 0 Å². The molecular formula is C16H23NO8S2. The number of aliphatic carboxylic acids is 1. The highest BCUT2D eigenvalue weighted by atomic mass is 32.2. The van der Waals surface area contributed by atoms with Crippen LogP contribution in [0.25, 0.3) is 0 Å². The van der Waals surface area contributed by atoms with Crippen LogP contribution in [0.1, 0.15) is 46.0 Å². The lowest BCUT2D eigenvalue weighted by Crippen LogP contribution is -2.28. The van der Waals surface area contributed by atoms with Crippen molar-refractivity contribution in [3.05, 3.63) is 0 Å². The molecule has 2 N–H and O–H groups in total. The maximum absolute atomic E-state index is 11.3. The van der Waals surface area contributed by atoms with Crippen LogP contribution in [0.4, 0.5) is 0 Å². The molecule has 11 heteroatoms. The van der Waals surface area contributed by atoms with Gasteiger partial charge in [0, 0.05) is 38.2 Å². The summed E-state index contributed by atoms with van der Waals surface area (Å²) in [5.41, 5.74) is 0. The van der Waals surface area contributed by atoms with Crippen LogP contribution in [0, 0.1) is 0 Å². The Kier molecular flexibility index (Phi) is 13.2. The molecule has 1 heterocycles. The van der Waals surface area contributed by atoms with E-state index in [0.717, 1.165) is 11.8 Å². The standard InChI is InChI=1S/C10H13NO5S.C6H10O3S/c1-6(12)17-4-2-3-9(14)16-7-5-8(13)11-10(7)15;1-5(7)10-4-2-3-6(8)9/h7H,2-5H2,1H3,(H,11,13,15);2-4H2,1H3,(H,8,9). The van der Waals surface area contributed by atoms with Gasteiger partial charge < -0.3 is 9.84 Å². The Bertz CT molecular complexity index is 563. The van der Waals surface area contributed by atoms with Gasteiger partial charge >= 0.3 is 11.9 Å². The van der Waals surface area contributed by atoms with E-state index in [1.807, 2.05) is 0 Å². The van der Waals surface area contributed by atoms with Crippen LogP contribution in [0.3, 0.4) is 0 Å². The summed E-state index contributed by atoms with van der Waals surface area (Å²) in [6.07, 6.45) is 0.270. The first-order chi connectivity index (χ1) is 12.6. The number of rotatable bonds is 9. The fraction of sp³-hybridized carbons (Fsp3) is 0.625. The first-order valence-corrected chi connectivity index (χ1v) is 10.1. The van der Waals surface area contributed by atoms with E-state index in [-0.39, 0.29) is 29.5 Å². The molecule has 0 radical (unpaired) electrons. The highest BCUT2D eigenvalue weighted by molar-refractivity contribution is 8.13. The van der Waals surface area contributed by atoms with Crippen LogP contribution in [-0.4, -0.2) is 56.7 Å².